The Hall–Kier alpha value is -1.51. The maximum Gasteiger partial charge on any atom is 0.223 e. The van der Waals surface area contributed by atoms with Gasteiger partial charge in [-0.15, -0.1) is 0 Å². The molecule has 1 aromatic rings. The molecule has 0 aliphatic carbocycles. The highest BCUT2D eigenvalue weighted by Gasteiger charge is 2.35. The third-order valence-electron chi connectivity index (χ3n) is 3.66. The standard InChI is InChI=1S/C13H15NO2/c1-16-10-2-3-11-9(8-10)6-7-14-12(11)4-5-13(14)15/h2-3,8,12H,4-7H2,1H3. The van der Waals surface area contributed by atoms with Gasteiger partial charge in [-0.25, -0.2) is 0 Å². The number of hydrogen-bond acceptors (Lipinski definition) is 2. The number of benzene rings is 1. The molecule has 0 N–H and O–H groups in total. The minimum Gasteiger partial charge on any atom is -0.497 e. The van der Waals surface area contributed by atoms with Gasteiger partial charge in [0.05, 0.1) is 13.2 Å². The van der Waals surface area contributed by atoms with E-state index in [2.05, 4.69) is 12.1 Å². The maximum atomic E-state index is 11.6. The van der Waals surface area contributed by atoms with Crippen LogP contribution in [0.5, 0.6) is 5.75 Å². The van der Waals surface area contributed by atoms with E-state index in [1.165, 1.54) is 11.1 Å². The van der Waals surface area contributed by atoms with Gasteiger partial charge in [0, 0.05) is 13.0 Å². The monoisotopic (exact) mass is 217 g/mol. The van der Waals surface area contributed by atoms with Crippen LogP contribution in [0.2, 0.25) is 0 Å². The summed E-state index contributed by atoms with van der Waals surface area (Å²) < 4.78 is 5.23. The number of fused-ring (bicyclic) bond motifs is 3. The second kappa shape index (κ2) is 3.51. The normalized spacial score (nSPS) is 22.9. The van der Waals surface area contributed by atoms with Gasteiger partial charge in [0.25, 0.3) is 0 Å². The number of rotatable bonds is 1. The van der Waals surface area contributed by atoms with E-state index < -0.39 is 0 Å². The molecule has 2 aliphatic heterocycles. The van der Waals surface area contributed by atoms with Gasteiger partial charge in [-0.2, -0.15) is 0 Å². The molecule has 0 spiro atoms. The second-order valence-corrected chi connectivity index (χ2v) is 4.46. The Morgan fingerprint density at radius 2 is 2.25 bits per heavy atom. The predicted molar refractivity (Wildman–Crippen MR) is 60.4 cm³/mol. The molecule has 2 heterocycles. The zero-order chi connectivity index (χ0) is 11.1. The molecule has 0 bridgehead atoms. The van der Waals surface area contributed by atoms with Gasteiger partial charge in [0.2, 0.25) is 5.91 Å². The first kappa shape index (κ1) is 9.70. The van der Waals surface area contributed by atoms with Crippen molar-refractivity contribution in [3.8, 4) is 5.75 Å². The fourth-order valence-electron chi connectivity index (χ4n) is 2.83. The van der Waals surface area contributed by atoms with Crippen molar-refractivity contribution in [3.63, 3.8) is 0 Å². The lowest BCUT2D eigenvalue weighted by molar-refractivity contribution is -0.129. The lowest BCUT2D eigenvalue weighted by Crippen LogP contribution is -2.34. The average molecular weight is 217 g/mol. The first-order valence-electron chi connectivity index (χ1n) is 5.76. The van der Waals surface area contributed by atoms with Crippen LogP contribution in [-0.4, -0.2) is 24.5 Å². The van der Waals surface area contributed by atoms with Crippen molar-refractivity contribution in [2.24, 2.45) is 0 Å². The number of amides is 1. The fraction of sp³-hybridized carbons (Fsp3) is 0.462. The van der Waals surface area contributed by atoms with Gasteiger partial charge in [-0.05, 0) is 36.1 Å². The Bertz CT molecular complexity index is 442. The Balaban J connectivity index is 2.01. The van der Waals surface area contributed by atoms with E-state index in [0.717, 1.165) is 25.1 Å². The van der Waals surface area contributed by atoms with Gasteiger partial charge in [0.15, 0.2) is 0 Å². The molecule has 84 valence electrons. The molecule has 0 aromatic heterocycles. The molecule has 1 fully saturated rings. The van der Waals surface area contributed by atoms with Gasteiger partial charge in [-0.1, -0.05) is 6.07 Å². The third-order valence-corrected chi connectivity index (χ3v) is 3.66. The third kappa shape index (κ3) is 1.31. The van der Waals surface area contributed by atoms with Gasteiger partial charge in [-0.3, -0.25) is 4.79 Å². The van der Waals surface area contributed by atoms with Crippen LogP contribution in [0.15, 0.2) is 18.2 Å². The van der Waals surface area contributed by atoms with Crippen molar-refractivity contribution < 1.29 is 9.53 Å². The largest absolute Gasteiger partial charge is 0.497 e. The van der Waals surface area contributed by atoms with Gasteiger partial charge in [0.1, 0.15) is 5.75 Å². The number of carbonyl (C=O) groups excluding carboxylic acids is 1. The molecule has 1 saturated heterocycles. The summed E-state index contributed by atoms with van der Waals surface area (Å²) in [6.07, 6.45) is 2.63. The SMILES string of the molecule is COc1ccc2c(c1)CCN1C(=O)CCC21. The van der Waals surface area contributed by atoms with Gasteiger partial charge < -0.3 is 9.64 Å². The van der Waals surface area contributed by atoms with Crippen LogP contribution in [0.4, 0.5) is 0 Å². The molecule has 0 saturated carbocycles. The van der Waals surface area contributed by atoms with Crippen LogP contribution in [0.3, 0.4) is 0 Å². The maximum absolute atomic E-state index is 11.6. The van der Waals surface area contributed by atoms with Crippen LogP contribution < -0.4 is 4.74 Å². The summed E-state index contributed by atoms with van der Waals surface area (Å²) in [7, 11) is 1.69. The molecular weight excluding hydrogens is 202 g/mol. The summed E-state index contributed by atoms with van der Waals surface area (Å²) in [5.41, 5.74) is 2.66. The van der Waals surface area contributed by atoms with E-state index in [-0.39, 0.29) is 0 Å². The summed E-state index contributed by atoms with van der Waals surface area (Å²) in [4.78, 5) is 13.7. The van der Waals surface area contributed by atoms with Crippen molar-refractivity contribution >= 4 is 5.91 Å². The van der Waals surface area contributed by atoms with E-state index in [1.54, 1.807) is 7.11 Å². The Kier molecular flexibility index (Phi) is 2.13. The Morgan fingerprint density at radius 3 is 3.06 bits per heavy atom. The first-order chi connectivity index (χ1) is 7.79. The summed E-state index contributed by atoms with van der Waals surface area (Å²) >= 11 is 0. The van der Waals surface area contributed by atoms with Crippen molar-refractivity contribution in [1.29, 1.82) is 0 Å². The number of ether oxygens (including phenoxy) is 1. The van der Waals surface area contributed by atoms with E-state index in [0.29, 0.717) is 18.4 Å². The van der Waals surface area contributed by atoms with E-state index in [1.807, 2.05) is 11.0 Å². The molecule has 1 atom stereocenters. The molecule has 3 heteroatoms. The zero-order valence-corrected chi connectivity index (χ0v) is 9.40. The fourth-order valence-corrected chi connectivity index (χ4v) is 2.83. The summed E-state index contributed by atoms with van der Waals surface area (Å²) in [6.45, 7) is 0.865. The lowest BCUT2D eigenvalue weighted by Gasteiger charge is -2.32. The minimum absolute atomic E-state index is 0.312. The quantitative estimate of drug-likeness (QED) is 0.719. The molecule has 3 rings (SSSR count). The van der Waals surface area contributed by atoms with E-state index in [9.17, 15) is 4.79 Å². The highest BCUT2D eigenvalue weighted by molar-refractivity contribution is 5.79. The molecule has 1 amide bonds. The van der Waals surface area contributed by atoms with E-state index in [4.69, 9.17) is 4.74 Å². The van der Waals surface area contributed by atoms with Crippen molar-refractivity contribution in [1.82, 2.24) is 4.90 Å². The van der Waals surface area contributed by atoms with Crippen LogP contribution in [0, 0.1) is 0 Å². The lowest BCUT2D eigenvalue weighted by atomic mass is 9.93. The highest BCUT2D eigenvalue weighted by Crippen LogP contribution is 2.39. The zero-order valence-electron chi connectivity index (χ0n) is 9.40. The second-order valence-electron chi connectivity index (χ2n) is 4.46. The van der Waals surface area contributed by atoms with Crippen LogP contribution in [0.25, 0.3) is 0 Å². The number of carbonyl (C=O) groups is 1. The average Bonchev–Trinajstić information content (AvgIpc) is 2.70. The summed E-state index contributed by atoms with van der Waals surface area (Å²) in [5, 5.41) is 0. The van der Waals surface area contributed by atoms with Crippen molar-refractivity contribution in [2.75, 3.05) is 13.7 Å². The van der Waals surface area contributed by atoms with Crippen LogP contribution >= 0.6 is 0 Å². The van der Waals surface area contributed by atoms with E-state index >= 15 is 0 Å². The number of methoxy groups -OCH3 is 1. The van der Waals surface area contributed by atoms with Crippen molar-refractivity contribution in [3.05, 3.63) is 29.3 Å². The molecule has 1 aromatic carbocycles. The summed E-state index contributed by atoms with van der Waals surface area (Å²) in [5.74, 6) is 1.22. The smallest absolute Gasteiger partial charge is 0.223 e. The minimum atomic E-state index is 0.312. The number of nitrogens with zero attached hydrogens (tertiary/aromatic N) is 1. The Labute approximate surface area is 95.0 Å². The van der Waals surface area contributed by atoms with Crippen LogP contribution in [-0.2, 0) is 11.2 Å². The Morgan fingerprint density at radius 1 is 1.38 bits per heavy atom. The highest BCUT2D eigenvalue weighted by atomic mass is 16.5. The molecule has 16 heavy (non-hydrogen) atoms. The first-order valence-corrected chi connectivity index (χ1v) is 5.76. The topological polar surface area (TPSA) is 29.5 Å². The molecular formula is C13H15NO2. The molecule has 1 unspecified atom stereocenters. The molecule has 0 radical (unpaired) electrons. The number of hydrogen-bond donors (Lipinski definition) is 0. The van der Waals surface area contributed by atoms with Crippen molar-refractivity contribution in [2.45, 2.75) is 25.3 Å². The summed E-state index contributed by atoms with van der Waals surface area (Å²) in [6, 6.07) is 6.53. The van der Waals surface area contributed by atoms with Crippen LogP contribution in [0.1, 0.15) is 30.0 Å². The molecule has 2 aliphatic rings. The molecule has 3 nitrogen and oxygen atoms in total. The predicted octanol–water partition coefficient (Wildman–Crippen LogP) is 1.91. The van der Waals surface area contributed by atoms with Gasteiger partial charge >= 0.3 is 0 Å².